The van der Waals surface area contributed by atoms with Gasteiger partial charge in [-0.25, -0.2) is 4.79 Å². The van der Waals surface area contributed by atoms with Gasteiger partial charge in [0.05, 0.1) is 5.52 Å². The first kappa shape index (κ1) is 15.6. The summed E-state index contributed by atoms with van der Waals surface area (Å²) in [6, 6.07) is 3.84. The number of hydrogen-bond acceptors (Lipinski definition) is 2. The molecule has 0 aliphatic carbocycles. The SMILES string of the molecule is CCc1nc2cc(C)c(Cl)cc2c(CN(C)C(=O)O)c1C. The lowest BCUT2D eigenvalue weighted by Gasteiger charge is -2.19. The third kappa shape index (κ3) is 2.95. The molecule has 21 heavy (non-hydrogen) atoms. The van der Waals surface area contributed by atoms with Gasteiger partial charge in [-0.2, -0.15) is 0 Å². The number of pyridine rings is 1. The van der Waals surface area contributed by atoms with Crippen LogP contribution in [-0.4, -0.2) is 28.1 Å². The van der Waals surface area contributed by atoms with Crippen LogP contribution in [0.5, 0.6) is 0 Å². The van der Waals surface area contributed by atoms with Gasteiger partial charge in [0.25, 0.3) is 0 Å². The van der Waals surface area contributed by atoms with Crippen LogP contribution in [0.25, 0.3) is 10.9 Å². The van der Waals surface area contributed by atoms with E-state index in [1.807, 2.05) is 26.0 Å². The molecule has 2 aromatic rings. The van der Waals surface area contributed by atoms with Crippen LogP contribution in [0.4, 0.5) is 4.79 Å². The summed E-state index contributed by atoms with van der Waals surface area (Å²) in [5, 5.41) is 10.7. The highest BCUT2D eigenvalue weighted by atomic mass is 35.5. The van der Waals surface area contributed by atoms with Crippen molar-refractivity contribution in [3.8, 4) is 0 Å². The molecule has 1 amide bonds. The lowest BCUT2D eigenvalue weighted by Crippen LogP contribution is -2.24. The van der Waals surface area contributed by atoms with Gasteiger partial charge in [-0.1, -0.05) is 18.5 Å². The van der Waals surface area contributed by atoms with E-state index in [4.69, 9.17) is 16.7 Å². The maximum absolute atomic E-state index is 11.1. The Bertz CT molecular complexity index is 713. The van der Waals surface area contributed by atoms with E-state index in [-0.39, 0.29) is 0 Å². The van der Waals surface area contributed by atoms with Crippen molar-refractivity contribution in [2.24, 2.45) is 0 Å². The summed E-state index contributed by atoms with van der Waals surface area (Å²) in [6.07, 6.45) is -0.136. The molecule has 4 nitrogen and oxygen atoms in total. The van der Waals surface area contributed by atoms with Gasteiger partial charge in [0, 0.05) is 29.7 Å². The number of carbonyl (C=O) groups is 1. The molecule has 1 N–H and O–H groups in total. The summed E-state index contributed by atoms with van der Waals surface area (Å²) in [5.74, 6) is 0. The molecule has 5 heteroatoms. The number of aryl methyl sites for hydroxylation is 2. The summed E-state index contributed by atoms with van der Waals surface area (Å²) in [4.78, 5) is 17.1. The maximum Gasteiger partial charge on any atom is 0.407 e. The first-order chi connectivity index (χ1) is 9.85. The summed E-state index contributed by atoms with van der Waals surface area (Å²) in [7, 11) is 1.56. The minimum absolute atomic E-state index is 0.326. The van der Waals surface area contributed by atoms with E-state index in [0.717, 1.165) is 39.7 Å². The number of benzene rings is 1. The molecule has 0 saturated carbocycles. The normalized spacial score (nSPS) is 10.9. The summed E-state index contributed by atoms with van der Waals surface area (Å²) in [5.41, 5.74) is 4.85. The van der Waals surface area contributed by atoms with E-state index in [0.29, 0.717) is 11.6 Å². The van der Waals surface area contributed by atoms with Crippen LogP contribution in [0.15, 0.2) is 12.1 Å². The second-order valence-corrected chi connectivity index (χ2v) is 5.68. The molecule has 0 bridgehead atoms. The van der Waals surface area contributed by atoms with E-state index >= 15 is 0 Å². The lowest BCUT2D eigenvalue weighted by atomic mass is 9.99. The molecule has 112 valence electrons. The molecule has 0 atom stereocenters. The zero-order chi connectivity index (χ0) is 15.7. The largest absolute Gasteiger partial charge is 0.465 e. The minimum atomic E-state index is -0.949. The van der Waals surface area contributed by atoms with Gasteiger partial charge in [0.15, 0.2) is 0 Å². The number of aromatic nitrogens is 1. The summed E-state index contributed by atoms with van der Waals surface area (Å²) >= 11 is 6.23. The molecule has 1 heterocycles. The fourth-order valence-corrected chi connectivity index (χ4v) is 2.62. The maximum atomic E-state index is 11.1. The molecule has 1 aromatic heterocycles. The van der Waals surface area contributed by atoms with E-state index in [1.165, 1.54) is 4.90 Å². The highest BCUT2D eigenvalue weighted by Gasteiger charge is 2.16. The number of rotatable bonds is 3. The number of nitrogens with zero attached hydrogens (tertiary/aromatic N) is 2. The molecule has 0 radical (unpaired) electrons. The van der Waals surface area contributed by atoms with Crippen LogP contribution < -0.4 is 0 Å². The fraction of sp³-hybridized carbons (Fsp3) is 0.375. The lowest BCUT2D eigenvalue weighted by molar-refractivity contribution is 0.154. The average Bonchev–Trinajstić information content (AvgIpc) is 2.43. The smallest absolute Gasteiger partial charge is 0.407 e. The van der Waals surface area contributed by atoms with Crippen LogP contribution >= 0.6 is 11.6 Å². The number of amides is 1. The van der Waals surface area contributed by atoms with E-state index in [9.17, 15) is 4.79 Å². The predicted octanol–water partition coefficient (Wildman–Crippen LogP) is 4.18. The first-order valence-electron chi connectivity index (χ1n) is 6.87. The molecular formula is C16H19ClN2O2. The van der Waals surface area contributed by atoms with Gasteiger partial charge in [-0.05, 0) is 49.1 Å². The predicted molar refractivity (Wildman–Crippen MR) is 85.1 cm³/mol. The fourth-order valence-electron chi connectivity index (χ4n) is 2.46. The molecule has 2 rings (SSSR count). The number of hydrogen-bond donors (Lipinski definition) is 1. The second kappa shape index (κ2) is 5.90. The van der Waals surface area contributed by atoms with Crippen molar-refractivity contribution in [3.63, 3.8) is 0 Å². The van der Waals surface area contributed by atoms with Crippen LogP contribution in [0.3, 0.4) is 0 Å². The van der Waals surface area contributed by atoms with Crippen LogP contribution in [0, 0.1) is 13.8 Å². The minimum Gasteiger partial charge on any atom is -0.465 e. The number of fused-ring (bicyclic) bond motifs is 1. The van der Waals surface area contributed by atoms with Crippen molar-refractivity contribution in [1.29, 1.82) is 0 Å². The Labute approximate surface area is 129 Å². The van der Waals surface area contributed by atoms with Crippen molar-refractivity contribution in [2.45, 2.75) is 33.7 Å². The van der Waals surface area contributed by atoms with E-state index in [1.54, 1.807) is 7.05 Å². The summed E-state index contributed by atoms with van der Waals surface area (Å²) in [6.45, 7) is 6.31. The highest BCUT2D eigenvalue weighted by molar-refractivity contribution is 6.32. The van der Waals surface area contributed by atoms with E-state index < -0.39 is 6.09 Å². The Morgan fingerprint density at radius 2 is 2.05 bits per heavy atom. The number of carboxylic acid groups (broad SMARTS) is 1. The van der Waals surface area contributed by atoms with Crippen molar-refractivity contribution >= 4 is 28.6 Å². The number of halogens is 1. The van der Waals surface area contributed by atoms with Crippen LogP contribution in [0.2, 0.25) is 5.02 Å². The molecule has 0 saturated heterocycles. The molecule has 0 aliphatic rings. The zero-order valence-electron chi connectivity index (χ0n) is 12.7. The van der Waals surface area contributed by atoms with Crippen molar-refractivity contribution in [2.75, 3.05) is 7.05 Å². The van der Waals surface area contributed by atoms with Crippen LogP contribution in [-0.2, 0) is 13.0 Å². The van der Waals surface area contributed by atoms with Gasteiger partial charge < -0.3 is 10.0 Å². The standard InChI is InChI=1S/C16H19ClN2O2/c1-5-14-10(3)12(8-19(4)16(20)21)11-7-13(17)9(2)6-15(11)18-14/h6-7H,5,8H2,1-4H3,(H,20,21). The van der Waals surface area contributed by atoms with Crippen molar-refractivity contribution < 1.29 is 9.90 Å². The molecule has 0 spiro atoms. The molecule has 0 aliphatic heterocycles. The Kier molecular flexibility index (Phi) is 4.37. The Balaban J connectivity index is 2.72. The molecule has 1 aromatic carbocycles. The van der Waals surface area contributed by atoms with Crippen molar-refractivity contribution in [3.05, 3.63) is 39.5 Å². The van der Waals surface area contributed by atoms with Crippen LogP contribution in [0.1, 0.15) is 29.3 Å². The van der Waals surface area contributed by atoms with Gasteiger partial charge in [0.1, 0.15) is 0 Å². The monoisotopic (exact) mass is 306 g/mol. The van der Waals surface area contributed by atoms with Gasteiger partial charge in [0.2, 0.25) is 0 Å². The first-order valence-corrected chi connectivity index (χ1v) is 7.25. The second-order valence-electron chi connectivity index (χ2n) is 5.27. The Morgan fingerprint density at radius 1 is 1.38 bits per heavy atom. The van der Waals surface area contributed by atoms with Gasteiger partial charge in [-0.15, -0.1) is 0 Å². The average molecular weight is 307 g/mol. The third-order valence-corrected chi connectivity index (χ3v) is 4.21. The molecule has 0 unspecified atom stereocenters. The topological polar surface area (TPSA) is 53.4 Å². The van der Waals surface area contributed by atoms with Gasteiger partial charge in [-0.3, -0.25) is 4.98 Å². The molecular weight excluding hydrogens is 288 g/mol. The summed E-state index contributed by atoms with van der Waals surface area (Å²) < 4.78 is 0. The van der Waals surface area contributed by atoms with Gasteiger partial charge >= 0.3 is 6.09 Å². The highest BCUT2D eigenvalue weighted by Crippen LogP contribution is 2.29. The Morgan fingerprint density at radius 3 is 2.62 bits per heavy atom. The Hall–Kier alpha value is -1.81. The zero-order valence-corrected chi connectivity index (χ0v) is 13.5. The molecule has 0 fully saturated rings. The third-order valence-electron chi connectivity index (χ3n) is 3.80. The quantitative estimate of drug-likeness (QED) is 0.925. The van der Waals surface area contributed by atoms with E-state index in [2.05, 4.69) is 11.9 Å². The van der Waals surface area contributed by atoms with Crippen molar-refractivity contribution in [1.82, 2.24) is 9.88 Å².